The molecule has 1 amide bonds. The lowest BCUT2D eigenvalue weighted by Crippen LogP contribution is -2.38. The number of likely N-dealkylation sites (N-methyl/N-ethyl adjacent to an activating group) is 1. The van der Waals surface area contributed by atoms with Crippen LogP contribution in [0, 0.1) is 17.8 Å². The molecule has 0 spiro atoms. The molecule has 1 aliphatic carbocycles. The van der Waals surface area contributed by atoms with Gasteiger partial charge in [0.25, 0.3) is 0 Å². The quantitative estimate of drug-likeness (QED) is 0.777. The van der Waals surface area contributed by atoms with Crippen molar-refractivity contribution in [1.82, 2.24) is 4.90 Å². The summed E-state index contributed by atoms with van der Waals surface area (Å²) in [4.78, 5) is 25.0. The Morgan fingerprint density at radius 3 is 2.44 bits per heavy atom. The van der Waals surface area contributed by atoms with E-state index < -0.39 is 11.9 Å². The Hall–Kier alpha value is -1.10. The minimum atomic E-state index is -0.843. The summed E-state index contributed by atoms with van der Waals surface area (Å²) in [7, 11) is 3.29. The van der Waals surface area contributed by atoms with Gasteiger partial charge in [0, 0.05) is 20.7 Å². The number of hydrogen-bond donors (Lipinski definition) is 1. The van der Waals surface area contributed by atoms with Gasteiger partial charge in [0.15, 0.2) is 0 Å². The largest absolute Gasteiger partial charge is 0.481 e. The number of nitrogens with zero attached hydrogens (tertiary/aromatic N) is 1. The number of rotatable bonds is 6. The lowest BCUT2D eigenvalue weighted by atomic mass is 9.95. The molecule has 5 heteroatoms. The van der Waals surface area contributed by atoms with Crippen LogP contribution in [0.15, 0.2) is 0 Å². The number of ether oxygens (including phenoxy) is 1. The molecule has 0 radical (unpaired) electrons. The molecule has 0 aromatic heterocycles. The van der Waals surface area contributed by atoms with Gasteiger partial charge in [-0.2, -0.15) is 0 Å². The van der Waals surface area contributed by atoms with Crippen LogP contribution >= 0.6 is 0 Å². The summed E-state index contributed by atoms with van der Waals surface area (Å²) >= 11 is 0. The highest BCUT2D eigenvalue weighted by molar-refractivity contribution is 5.85. The van der Waals surface area contributed by atoms with E-state index in [0.29, 0.717) is 31.9 Å². The van der Waals surface area contributed by atoms with Crippen molar-refractivity contribution in [2.45, 2.75) is 26.2 Å². The van der Waals surface area contributed by atoms with Crippen LogP contribution in [0.3, 0.4) is 0 Å². The third kappa shape index (κ3) is 3.45. The van der Waals surface area contributed by atoms with Crippen LogP contribution in [0.1, 0.15) is 26.2 Å². The zero-order chi connectivity index (χ0) is 13.7. The molecular formula is C13H23NO4. The first-order valence-corrected chi connectivity index (χ1v) is 6.47. The topological polar surface area (TPSA) is 66.8 Å². The maximum Gasteiger partial charge on any atom is 0.307 e. The van der Waals surface area contributed by atoms with Gasteiger partial charge >= 0.3 is 5.97 Å². The highest BCUT2D eigenvalue weighted by Gasteiger charge is 2.42. The lowest BCUT2D eigenvalue weighted by molar-refractivity contribution is -0.148. The number of hydrogen-bond acceptors (Lipinski definition) is 3. The zero-order valence-electron chi connectivity index (χ0n) is 11.4. The molecule has 18 heavy (non-hydrogen) atoms. The zero-order valence-corrected chi connectivity index (χ0v) is 11.4. The molecule has 1 N–H and O–H groups in total. The lowest BCUT2D eigenvalue weighted by Gasteiger charge is -2.23. The average Bonchev–Trinajstić information content (AvgIpc) is 2.79. The summed E-state index contributed by atoms with van der Waals surface area (Å²) in [6.07, 6.45) is 2.26. The predicted molar refractivity (Wildman–Crippen MR) is 67.1 cm³/mol. The van der Waals surface area contributed by atoms with Gasteiger partial charge in [0.05, 0.1) is 18.4 Å². The van der Waals surface area contributed by atoms with Crippen LogP contribution < -0.4 is 0 Å². The summed E-state index contributed by atoms with van der Waals surface area (Å²) < 4.78 is 4.93. The smallest absolute Gasteiger partial charge is 0.307 e. The second kappa shape index (κ2) is 6.73. The van der Waals surface area contributed by atoms with Gasteiger partial charge in [-0.1, -0.05) is 13.3 Å². The molecule has 0 aromatic carbocycles. The second-order valence-electron chi connectivity index (χ2n) is 5.05. The number of carbonyl (C=O) groups is 2. The van der Waals surface area contributed by atoms with Gasteiger partial charge < -0.3 is 14.7 Å². The molecule has 1 fully saturated rings. The molecule has 5 nitrogen and oxygen atoms in total. The van der Waals surface area contributed by atoms with Gasteiger partial charge in [-0.3, -0.25) is 9.59 Å². The van der Waals surface area contributed by atoms with E-state index in [0.717, 1.165) is 6.42 Å². The number of aliphatic carboxylic acids is 1. The molecule has 0 aromatic rings. The van der Waals surface area contributed by atoms with Crippen LogP contribution in [-0.2, 0) is 14.3 Å². The van der Waals surface area contributed by atoms with E-state index in [2.05, 4.69) is 0 Å². The third-order valence-corrected chi connectivity index (χ3v) is 3.88. The van der Waals surface area contributed by atoms with Crippen molar-refractivity contribution < 1.29 is 19.4 Å². The fourth-order valence-corrected chi connectivity index (χ4v) is 2.64. The van der Waals surface area contributed by atoms with Crippen molar-refractivity contribution in [1.29, 1.82) is 0 Å². The Labute approximate surface area is 108 Å². The Bertz CT molecular complexity index is 305. The fraction of sp³-hybridized carbons (Fsp3) is 0.846. The number of carboxylic acids is 1. The highest BCUT2D eigenvalue weighted by atomic mass is 16.5. The van der Waals surface area contributed by atoms with E-state index in [1.165, 1.54) is 0 Å². The third-order valence-electron chi connectivity index (χ3n) is 3.88. The van der Waals surface area contributed by atoms with Crippen molar-refractivity contribution in [3.05, 3.63) is 0 Å². The number of carboxylic acid groups (broad SMARTS) is 1. The van der Waals surface area contributed by atoms with Gasteiger partial charge in [0.2, 0.25) is 5.91 Å². The van der Waals surface area contributed by atoms with E-state index in [4.69, 9.17) is 4.74 Å². The molecule has 1 rings (SSSR count). The maximum absolute atomic E-state index is 12.2. The molecule has 0 saturated heterocycles. The Kier molecular flexibility index (Phi) is 5.59. The summed E-state index contributed by atoms with van der Waals surface area (Å²) in [5.74, 6) is -1.43. The SMILES string of the molecule is CCC1CC(C(=O)O)C(C(=O)N(C)CCOC)C1. The number of carbonyl (C=O) groups excluding carboxylic acids is 1. The minimum absolute atomic E-state index is 0.0598. The van der Waals surface area contributed by atoms with Crippen molar-refractivity contribution >= 4 is 11.9 Å². The molecule has 3 unspecified atom stereocenters. The molecule has 3 atom stereocenters. The van der Waals surface area contributed by atoms with Gasteiger partial charge in [0.1, 0.15) is 0 Å². The summed E-state index contributed by atoms with van der Waals surface area (Å²) in [6.45, 7) is 3.03. The molecule has 1 saturated carbocycles. The number of methoxy groups -OCH3 is 1. The monoisotopic (exact) mass is 257 g/mol. The maximum atomic E-state index is 12.2. The van der Waals surface area contributed by atoms with Crippen LogP contribution in [0.4, 0.5) is 0 Å². The van der Waals surface area contributed by atoms with Crippen molar-refractivity contribution in [3.63, 3.8) is 0 Å². The van der Waals surface area contributed by atoms with Crippen molar-refractivity contribution in [2.75, 3.05) is 27.3 Å². The second-order valence-corrected chi connectivity index (χ2v) is 5.05. The normalized spacial score (nSPS) is 27.2. The first kappa shape index (κ1) is 15.0. The molecule has 0 aliphatic heterocycles. The van der Waals surface area contributed by atoms with E-state index in [9.17, 15) is 14.7 Å². The Balaban J connectivity index is 2.67. The molecular weight excluding hydrogens is 234 g/mol. The standard InChI is InChI=1S/C13H23NO4/c1-4-9-7-10(11(8-9)13(16)17)12(15)14(2)5-6-18-3/h9-11H,4-8H2,1-3H3,(H,16,17). The summed E-state index contributed by atoms with van der Waals surface area (Å²) in [6, 6.07) is 0. The van der Waals surface area contributed by atoms with Crippen molar-refractivity contribution in [2.24, 2.45) is 17.8 Å². The van der Waals surface area contributed by atoms with E-state index in [1.807, 2.05) is 6.92 Å². The van der Waals surface area contributed by atoms with Gasteiger partial charge in [-0.25, -0.2) is 0 Å². The van der Waals surface area contributed by atoms with Gasteiger partial charge in [-0.15, -0.1) is 0 Å². The molecule has 0 bridgehead atoms. The van der Waals surface area contributed by atoms with E-state index in [-0.39, 0.29) is 11.8 Å². The van der Waals surface area contributed by atoms with Crippen molar-refractivity contribution in [3.8, 4) is 0 Å². The first-order valence-electron chi connectivity index (χ1n) is 6.47. The van der Waals surface area contributed by atoms with Crippen LogP contribution in [0.2, 0.25) is 0 Å². The van der Waals surface area contributed by atoms with E-state index >= 15 is 0 Å². The van der Waals surface area contributed by atoms with Crippen LogP contribution in [-0.4, -0.2) is 49.2 Å². The van der Waals surface area contributed by atoms with Crippen LogP contribution in [0.5, 0.6) is 0 Å². The first-order chi connectivity index (χ1) is 8.51. The summed E-state index contributed by atoms with van der Waals surface area (Å²) in [5.41, 5.74) is 0. The molecule has 0 heterocycles. The Morgan fingerprint density at radius 2 is 1.94 bits per heavy atom. The average molecular weight is 257 g/mol. The predicted octanol–water partition coefficient (Wildman–Crippen LogP) is 1.23. The molecule has 104 valence electrons. The minimum Gasteiger partial charge on any atom is -0.481 e. The highest BCUT2D eigenvalue weighted by Crippen LogP contribution is 2.39. The number of amides is 1. The van der Waals surface area contributed by atoms with E-state index in [1.54, 1.807) is 19.1 Å². The Morgan fingerprint density at radius 1 is 1.33 bits per heavy atom. The fourth-order valence-electron chi connectivity index (χ4n) is 2.64. The van der Waals surface area contributed by atoms with Gasteiger partial charge in [-0.05, 0) is 18.8 Å². The molecule has 1 aliphatic rings. The van der Waals surface area contributed by atoms with Crippen LogP contribution in [0.25, 0.3) is 0 Å². The summed E-state index contributed by atoms with van der Waals surface area (Å²) in [5, 5.41) is 9.21.